The quantitative estimate of drug-likeness (QED) is 0.865. The number of carbonyl (C=O) groups excluding carboxylic acids is 1. The van der Waals surface area contributed by atoms with Gasteiger partial charge in [-0.1, -0.05) is 23.2 Å². The number of rotatable bonds is 4. The Hall–Kier alpha value is -0.610. The van der Waals surface area contributed by atoms with Crippen LogP contribution < -0.4 is 5.73 Å². The lowest BCUT2D eigenvalue weighted by atomic mass is 10.1. The van der Waals surface area contributed by atoms with Gasteiger partial charge in [0.1, 0.15) is 0 Å². The normalized spacial score (nSPS) is 20.3. The molecule has 0 saturated carbocycles. The average Bonchev–Trinajstić information content (AvgIpc) is 2.76. The average molecular weight is 287 g/mol. The maximum absolute atomic E-state index is 12.1. The maximum Gasteiger partial charge on any atom is 0.178 e. The van der Waals surface area contributed by atoms with E-state index in [4.69, 9.17) is 28.9 Å². The van der Waals surface area contributed by atoms with Gasteiger partial charge in [-0.3, -0.25) is 9.69 Å². The molecule has 2 rings (SSSR count). The summed E-state index contributed by atoms with van der Waals surface area (Å²) >= 11 is 11.8. The molecule has 18 heavy (non-hydrogen) atoms. The van der Waals surface area contributed by atoms with Crippen LogP contribution in [0, 0.1) is 5.92 Å². The van der Waals surface area contributed by atoms with E-state index in [0.717, 1.165) is 19.5 Å². The Kier molecular flexibility index (Phi) is 4.62. The minimum Gasteiger partial charge on any atom is -0.330 e. The second-order valence-electron chi connectivity index (χ2n) is 4.67. The maximum atomic E-state index is 12.1. The molecule has 0 bridgehead atoms. The molecule has 3 nitrogen and oxygen atoms in total. The smallest absolute Gasteiger partial charge is 0.178 e. The van der Waals surface area contributed by atoms with Crippen LogP contribution in [0.25, 0.3) is 0 Å². The van der Waals surface area contributed by atoms with E-state index in [-0.39, 0.29) is 5.78 Å². The van der Waals surface area contributed by atoms with Gasteiger partial charge >= 0.3 is 0 Å². The number of benzene rings is 1. The molecule has 0 aromatic heterocycles. The zero-order valence-electron chi connectivity index (χ0n) is 10.0. The van der Waals surface area contributed by atoms with E-state index in [1.807, 2.05) is 0 Å². The number of carbonyl (C=O) groups is 1. The summed E-state index contributed by atoms with van der Waals surface area (Å²) < 4.78 is 0. The van der Waals surface area contributed by atoms with Gasteiger partial charge in [0.25, 0.3) is 0 Å². The van der Waals surface area contributed by atoms with Crippen LogP contribution in [0.15, 0.2) is 18.2 Å². The molecule has 1 heterocycles. The standard InChI is InChI=1S/C13H16Cl2N2O/c14-10-1-2-11(12(15)5-10)13(18)8-17-4-3-9(6-16)7-17/h1-2,5,9H,3-4,6-8,16H2. The molecule has 1 saturated heterocycles. The molecule has 0 spiro atoms. The molecule has 1 fully saturated rings. The lowest BCUT2D eigenvalue weighted by Crippen LogP contribution is -2.29. The highest BCUT2D eigenvalue weighted by Gasteiger charge is 2.23. The second-order valence-corrected chi connectivity index (χ2v) is 5.52. The van der Waals surface area contributed by atoms with Crippen LogP contribution in [0.3, 0.4) is 0 Å². The first-order chi connectivity index (χ1) is 8.60. The van der Waals surface area contributed by atoms with Gasteiger partial charge in [-0.2, -0.15) is 0 Å². The Morgan fingerprint density at radius 2 is 2.22 bits per heavy atom. The van der Waals surface area contributed by atoms with Crippen LogP contribution in [0.4, 0.5) is 0 Å². The largest absolute Gasteiger partial charge is 0.330 e. The lowest BCUT2D eigenvalue weighted by Gasteiger charge is -2.15. The van der Waals surface area contributed by atoms with Crippen molar-refractivity contribution in [1.82, 2.24) is 4.90 Å². The lowest BCUT2D eigenvalue weighted by molar-refractivity contribution is 0.0943. The predicted octanol–water partition coefficient (Wildman–Crippen LogP) is 2.46. The van der Waals surface area contributed by atoms with Crippen LogP contribution in [-0.2, 0) is 0 Å². The molecule has 0 amide bonds. The third-order valence-corrected chi connectivity index (χ3v) is 3.85. The van der Waals surface area contributed by atoms with Gasteiger partial charge in [0.05, 0.1) is 11.6 Å². The van der Waals surface area contributed by atoms with Crippen LogP contribution in [0.5, 0.6) is 0 Å². The van der Waals surface area contributed by atoms with Gasteiger partial charge in [0, 0.05) is 17.1 Å². The van der Waals surface area contributed by atoms with E-state index < -0.39 is 0 Å². The van der Waals surface area contributed by atoms with Crippen molar-refractivity contribution in [3.8, 4) is 0 Å². The Balaban J connectivity index is 2.00. The van der Waals surface area contributed by atoms with Crippen LogP contribution in [0.2, 0.25) is 10.0 Å². The number of nitrogens with two attached hydrogens (primary N) is 1. The summed E-state index contributed by atoms with van der Waals surface area (Å²) in [5.41, 5.74) is 6.17. The predicted molar refractivity (Wildman–Crippen MR) is 74.4 cm³/mol. The van der Waals surface area contributed by atoms with Crippen molar-refractivity contribution in [2.45, 2.75) is 6.42 Å². The number of ketones is 1. The summed E-state index contributed by atoms with van der Waals surface area (Å²) in [4.78, 5) is 14.3. The van der Waals surface area contributed by atoms with Gasteiger partial charge < -0.3 is 5.73 Å². The highest BCUT2D eigenvalue weighted by molar-refractivity contribution is 6.36. The molecule has 5 heteroatoms. The minimum atomic E-state index is 0.0364. The molecule has 1 aromatic rings. The Morgan fingerprint density at radius 3 is 2.83 bits per heavy atom. The first-order valence-corrected chi connectivity index (χ1v) is 6.76. The number of nitrogens with zero attached hydrogens (tertiary/aromatic N) is 1. The summed E-state index contributed by atoms with van der Waals surface area (Å²) in [7, 11) is 0. The van der Waals surface area contributed by atoms with Gasteiger partial charge in [0.2, 0.25) is 0 Å². The van der Waals surface area contributed by atoms with E-state index in [1.54, 1.807) is 18.2 Å². The van der Waals surface area contributed by atoms with E-state index in [9.17, 15) is 4.79 Å². The fourth-order valence-electron chi connectivity index (χ4n) is 2.25. The van der Waals surface area contributed by atoms with Crippen molar-refractivity contribution in [3.05, 3.63) is 33.8 Å². The fourth-order valence-corrected chi connectivity index (χ4v) is 2.77. The molecule has 1 aliphatic heterocycles. The van der Waals surface area contributed by atoms with Gasteiger partial charge in [-0.25, -0.2) is 0 Å². The molecule has 1 aromatic carbocycles. The SMILES string of the molecule is NCC1CCN(CC(=O)c2ccc(Cl)cc2Cl)C1. The van der Waals surface area contributed by atoms with Crippen molar-refractivity contribution in [2.24, 2.45) is 11.7 Å². The third kappa shape index (κ3) is 3.23. The number of hydrogen-bond donors (Lipinski definition) is 1. The van der Waals surface area contributed by atoms with Crippen molar-refractivity contribution >= 4 is 29.0 Å². The zero-order chi connectivity index (χ0) is 13.1. The molecule has 0 aliphatic carbocycles. The second kappa shape index (κ2) is 6.02. The molecule has 2 N–H and O–H groups in total. The molecule has 1 aliphatic rings. The summed E-state index contributed by atoms with van der Waals surface area (Å²) in [6.07, 6.45) is 1.07. The first-order valence-electron chi connectivity index (χ1n) is 6.01. The van der Waals surface area contributed by atoms with Crippen molar-refractivity contribution < 1.29 is 4.79 Å². The fraction of sp³-hybridized carbons (Fsp3) is 0.462. The minimum absolute atomic E-state index is 0.0364. The number of hydrogen-bond acceptors (Lipinski definition) is 3. The molecule has 98 valence electrons. The summed E-state index contributed by atoms with van der Waals surface area (Å²) in [6, 6.07) is 4.97. The molecular formula is C13H16Cl2N2O. The molecule has 1 unspecified atom stereocenters. The van der Waals surface area contributed by atoms with Crippen LogP contribution in [0.1, 0.15) is 16.8 Å². The van der Waals surface area contributed by atoms with Gasteiger partial charge in [0.15, 0.2) is 5.78 Å². The summed E-state index contributed by atoms with van der Waals surface area (Å²) in [5.74, 6) is 0.549. The number of halogens is 2. The Bertz CT molecular complexity index is 451. The van der Waals surface area contributed by atoms with E-state index in [1.165, 1.54) is 0 Å². The summed E-state index contributed by atoms with van der Waals surface area (Å²) in [6.45, 7) is 2.91. The monoisotopic (exact) mass is 286 g/mol. The third-order valence-electron chi connectivity index (χ3n) is 3.30. The van der Waals surface area contributed by atoms with E-state index >= 15 is 0 Å². The van der Waals surface area contributed by atoms with E-state index in [2.05, 4.69) is 4.90 Å². The number of Topliss-reactive ketones (excluding diaryl/α,β-unsaturated/α-hetero) is 1. The van der Waals surface area contributed by atoms with Crippen LogP contribution >= 0.6 is 23.2 Å². The highest BCUT2D eigenvalue weighted by Crippen LogP contribution is 2.22. The van der Waals surface area contributed by atoms with E-state index in [0.29, 0.717) is 34.6 Å². The Labute approximate surface area is 117 Å². The number of likely N-dealkylation sites (tertiary alicyclic amines) is 1. The summed E-state index contributed by atoms with van der Waals surface area (Å²) in [5, 5.41) is 0.961. The molecule has 1 atom stereocenters. The zero-order valence-corrected chi connectivity index (χ0v) is 11.5. The van der Waals surface area contributed by atoms with Gasteiger partial charge in [-0.05, 0) is 43.6 Å². The van der Waals surface area contributed by atoms with Crippen LogP contribution in [-0.4, -0.2) is 36.9 Å². The Morgan fingerprint density at radius 1 is 1.44 bits per heavy atom. The topological polar surface area (TPSA) is 46.3 Å². The van der Waals surface area contributed by atoms with Crippen molar-refractivity contribution in [2.75, 3.05) is 26.2 Å². The van der Waals surface area contributed by atoms with Crippen molar-refractivity contribution in [3.63, 3.8) is 0 Å². The van der Waals surface area contributed by atoms with Crippen molar-refractivity contribution in [1.29, 1.82) is 0 Å². The molecular weight excluding hydrogens is 271 g/mol. The molecule has 0 radical (unpaired) electrons. The first kappa shape index (κ1) is 13.8. The highest BCUT2D eigenvalue weighted by atomic mass is 35.5. The van der Waals surface area contributed by atoms with Gasteiger partial charge in [-0.15, -0.1) is 0 Å².